The van der Waals surface area contributed by atoms with Crippen LogP contribution in [-0.2, 0) is 20.9 Å². The lowest BCUT2D eigenvalue weighted by molar-refractivity contribution is -0.147. The van der Waals surface area contributed by atoms with E-state index in [4.69, 9.17) is 14.2 Å². The molecule has 0 aliphatic carbocycles. The summed E-state index contributed by atoms with van der Waals surface area (Å²) in [6.45, 7) is 2.90. The standard InChI is InChI=1S/C24H24N2O6S/c1-4-21(28)17-9-11-19(12-10-17)31-14-23(29)32-13-18-15-33-24(25-18)26(16(2)27)20-7-5-6-8-22(20)30-3/h5-12,15H,4,13-14H2,1-3H3. The third-order valence-electron chi connectivity index (χ3n) is 4.61. The van der Waals surface area contributed by atoms with E-state index < -0.39 is 5.97 Å². The van der Waals surface area contributed by atoms with Crippen LogP contribution >= 0.6 is 11.3 Å². The van der Waals surface area contributed by atoms with E-state index in [1.807, 2.05) is 6.07 Å². The second-order valence-corrected chi connectivity index (χ2v) is 7.73. The van der Waals surface area contributed by atoms with Crippen LogP contribution < -0.4 is 14.4 Å². The van der Waals surface area contributed by atoms with Gasteiger partial charge in [0.15, 0.2) is 17.5 Å². The number of thiazole rings is 1. The molecular formula is C24H24N2O6S. The number of amides is 1. The number of anilines is 2. The number of hydrogen-bond acceptors (Lipinski definition) is 8. The summed E-state index contributed by atoms with van der Waals surface area (Å²) >= 11 is 1.26. The largest absolute Gasteiger partial charge is 0.495 e. The molecule has 3 rings (SSSR count). The van der Waals surface area contributed by atoms with Crippen LogP contribution in [0.4, 0.5) is 10.8 Å². The van der Waals surface area contributed by atoms with Gasteiger partial charge in [-0.2, -0.15) is 0 Å². The number of carbonyl (C=O) groups is 3. The normalized spacial score (nSPS) is 10.4. The van der Waals surface area contributed by atoms with Crippen LogP contribution in [0.15, 0.2) is 53.9 Å². The van der Waals surface area contributed by atoms with Crippen molar-refractivity contribution in [1.82, 2.24) is 4.98 Å². The number of methoxy groups -OCH3 is 1. The number of aromatic nitrogens is 1. The molecule has 0 fully saturated rings. The van der Waals surface area contributed by atoms with Crippen molar-refractivity contribution >= 4 is 39.8 Å². The maximum absolute atomic E-state index is 12.3. The summed E-state index contributed by atoms with van der Waals surface area (Å²) in [7, 11) is 1.53. The molecule has 0 aliphatic rings. The molecule has 1 heterocycles. The Hall–Kier alpha value is -3.72. The summed E-state index contributed by atoms with van der Waals surface area (Å²) in [4.78, 5) is 41.9. The molecule has 0 spiro atoms. The molecule has 1 amide bonds. The van der Waals surface area contributed by atoms with E-state index in [0.717, 1.165) is 0 Å². The molecule has 0 atom stereocenters. The zero-order valence-electron chi connectivity index (χ0n) is 18.6. The van der Waals surface area contributed by atoms with Crippen molar-refractivity contribution in [1.29, 1.82) is 0 Å². The predicted molar refractivity (Wildman–Crippen MR) is 124 cm³/mol. The molecule has 0 unspecified atom stereocenters. The number of ketones is 1. The van der Waals surface area contributed by atoms with Gasteiger partial charge in [-0.3, -0.25) is 14.5 Å². The van der Waals surface area contributed by atoms with Crippen LogP contribution in [0.2, 0.25) is 0 Å². The van der Waals surface area contributed by atoms with E-state index in [-0.39, 0.29) is 24.9 Å². The van der Waals surface area contributed by atoms with E-state index >= 15 is 0 Å². The second kappa shape index (κ2) is 11.2. The molecule has 3 aromatic rings. The summed E-state index contributed by atoms with van der Waals surface area (Å²) in [5.41, 5.74) is 1.68. The Morgan fingerprint density at radius 2 is 1.79 bits per heavy atom. The molecule has 0 aliphatic heterocycles. The third-order valence-corrected chi connectivity index (χ3v) is 5.48. The first kappa shape index (κ1) is 23.9. The minimum atomic E-state index is -0.564. The lowest BCUT2D eigenvalue weighted by Crippen LogP contribution is -2.23. The van der Waals surface area contributed by atoms with Gasteiger partial charge in [0.2, 0.25) is 5.91 Å². The van der Waals surface area contributed by atoms with E-state index in [0.29, 0.717) is 40.0 Å². The minimum absolute atomic E-state index is 0.0395. The topological polar surface area (TPSA) is 95.0 Å². The molecule has 0 N–H and O–H groups in total. The average molecular weight is 469 g/mol. The van der Waals surface area contributed by atoms with Crippen LogP contribution in [0.3, 0.4) is 0 Å². The Kier molecular flexibility index (Phi) is 8.15. The molecule has 33 heavy (non-hydrogen) atoms. The molecule has 9 heteroatoms. The first-order chi connectivity index (χ1) is 15.9. The van der Waals surface area contributed by atoms with Gasteiger partial charge in [0.05, 0.1) is 18.5 Å². The van der Waals surface area contributed by atoms with Gasteiger partial charge in [-0.1, -0.05) is 19.1 Å². The molecule has 0 saturated carbocycles. The Labute approximate surface area is 195 Å². The lowest BCUT2D eigenvalue weighted by Gasteiger charge is -2.20. The SMILES string of the molecule is CCC(=O)c1ccc(OCC(=O)OCc2csc(N(C(C)=O)c3ccccc3OC)n2)cc1. The summed E-state index contributed by atoms with van der Waals surface area (Å²) in [6.07, 6.45) is 0.425. The number of esters is 1. The number of benzene rings is 2. The molecule has 0 saturated heterocycles. The molecule has 8 nitrogen and oxygen atoms in total. The highest BCUT2D eigenvalue weighted by Crippen LogP contribution is 2.35. The van der Waals surface area contributed by atoms with Gasteiger partial charge in [-0.05, 0) is 36.4 Å². The van der Waals surface area contributed by atoms with Crippen LogP contribution in [0.5, 0.6) is 11.5 Å². The summed E-state index contributed by atoms with van der Waals surface area (Å²) in [5.74, 6) is 0.256. The fraction of sp³-hybridized carbons (Fsp3) is 0.250. The van der Waals surface area contributed by atoms with Crippen LogP contribution in [0.25, 0.3) is 0 Å². The Morgan fingerprint density at radius 3 is 2.45 bits per heavy atom. The quantitative estimate of drug-likeness (QED) is 0.318. The van der Waals surface area contributed by atoms with Crippen molar-refractivity contribution in [2.24, 2.45) is 0 Å². The van der Waals surface area contributed by atoms with Gasteiger partial charge in [-0.15, -0.1) is 11.3 Å². The van der Waals surface area contributed by atoms with Gasteiger partial charge < -0.3 is 14.2 Å². The van der Waals surface area contributed by atoms with E-state index in [1.54, 1.807) is 54.8 Å². The number of Topliss-reactive ketones (excluding diaryl/α,β-unsaturated/α-hetero) is 1. The first-order valence-electron chi connectivity index (χ1n) is 10.2. The fourth-order valence-electron chi connectivity index (χ4n) is 2.97. The Balaban J connectivity index is 1.57. The van der Waals surface area contributed by atoms with Crippen LogP contribution in [-0.4, -0.2) is 36.4 Å². The number of para-hydroxylation sites is 2. The van der Waals surface area contributed by atoms with E-state index in [9.17, 15) is 14.4 Å². The van der Waals surface area contributed by atoms with Gasteiger partial charge in [0.1, 0.15) is 18.1 Å². The zero-order chi connectivity index (χ0) is 23.8. The summed E-state index contributed by atoms with van der Waals surface area (Å²) < 4.78 is 16.0. The van der Waals surface area contributed by atoms with Crippen molar-refractivity contribution in [2.45, 2.75) is 26.9 Å². The molecule has 0 radical (unpaired) electrons. The van der Waals surface area contributed by atoms with Gasteiger partial charge in [0, 0.05) is 24.3 Å². The van der Waals surface area contributed by atoms with E-state index in [2.05, 4.69) is 4.98 Å². The minimum Gasteiger partial charge on any atom is -0.495 e. The maximum atomic E-state index is 12.3. The predicted octanol–water partition coefficient (Wildman–Crippen LogP) is 4.55. The fourth-order valence-corrected chi connectivity index (χ4v) is 3.83. The monoisotopic (exact) mass is 468 g/mol. The number of hydrogen-bond donors (Lipinski definition) is 0. The third kappa shape index (κ3) is 6.17. The highest BCUT2D eigenvalue weighted by Gasteiger charge is 2.21. The second-order valence-electron chi connectivity index (χ2n) is 6.90. The average Bonchev–Trinajstić information content (AvgIpc) is 3.29. The highest BCUT2D eigenvalue weighted by atomic mass is 32.1. The Morgan fingerprint density at radius 1 is 1.06 bits per heavy atom. The summed E-state index contributed by atoms with van der Waals surface area (Å²) in [5, 5.41) is 2.16. The first-order valence-corrected chi connectivity index (χ1v) is 11.1. The van der Waals surface area contributed by atoms with E-state index in [1.165, 1.54) is 30.3 Å². The van der Waals surface area contributed by atoms with Gasteiger partial charge in [0.25, 0.3) is 0 Å². The highest BCUT2D eigenvalue weighted by molar-refractivity contribution is 7.14. The van der Waals surface area contributed by atoms with Crippen LogP contribution in [0.1, 0.15) is 36.3 Å². The van der Waals surface area contributed by atoms with Gasteiger partial charge >= 0.3 is 5.97 Å². The van der Waals surface area contributed by atoms with Crippen molar-refractivity contribution in [3.05, 3.63) is 65.2 Å². The summed E-state index contributed by atoms with van der Waals surface area (Å²) in [6, 6.07) is 13.7. The number of carbonyl (C=O) groups excluding carboxylic acids is 3. The maximum Gasteiger partial charge on any atom is 0.344 e. The lowest BCUT2D eigenvalue weighted by atomic mass is 10.1. The molecule has 1 aromatic heterocycles. The van der Waals surface area contributed by atoms with Gasteiger partial charge in [-0.25, -0.2) is 9.78 Å². The van der Waals surface area contributed by atoms with Crippen molar-refractivity contribution < 1.29 is 28.6 Å². The smallest absolute Gasteiger partial charge is 0.344 e. The number of nitrogens with zero attached hydrogens (tertiary/aromatic N) is 2. The molecular weight excluding hydrogens is 444 g/mol. The number of rotatable bonds is 10. The van der Waals surface area contributed by atoms with Crippen molar-refractivity contribution in [3.8, 4) is 11.5 Å². The van der Waals surface area contributed by atoms with Crippen molar-refractivity contribution in [3.63, 3.8) is 0 Å². The molecule has 2 aromatic carbocycles. The number of ether oxygens (including phenoxy) is 3. The molecule has 0 bridgehead atoms. The zero-order valence-corrected chi connectivity index (χ0v) is 19.4. The Bertz CT molecular complexity index is 1130. The van der Waals surface area contributed by atoms with Crippen LogP contribution in [0, 0.1) is 0 Å². The molecule has 172 valence electrons. The van der Waals surface area contributed by atoms with Crippen molar-refractivity contribution in [2.75, 3.05) is 18.6 Å².